The van der Waals surface area contributed by atoms with E-state index in [0.717, 1.165) is 0 Å². The summed E-state index contributed by atoms with van der Waals surface area (Å²) in [6, 6.07) is 40.6. The Bertz CT molecular complexity index is 3950. The van der Waals surface area contributed by atoms with Crippen molar-refractivity contribution in [2.45, 2.75) is 207 Å². The quantitative estimate of drug-likeness (QED) is 0.163. The van der Waals surface area contributed by atoms with Gasteiger partial charge in [-0.25, -0.2) is 0 Å². The maximum Gasteiger partial charge on any atom is 0.0634 e. The van der Waals surface area contributed by atoms with Gasteiger partial charge in [-0.1, -0.05) is 199 Å². The van der Waals surface area contributed by atoms with Gasteiger partial charge in [0.15, 0.2) is 0 Å². The second-order valence-corrected chi connectivity index (χ2v) is 31.3. The van der Waals surface area contributed by atoms with E-state index in [4.69, 9.17) is 0 Å². The van der Waals surface area contributed by atoms with Crippen LogP contribution >= 0.6 is 0 Å². The number of aromatic nitrogens is 2. The van der Waals surface area contributed by atoms with Crippen LogP contribution in [0.1, 0.15) is 209 Å². The maximum atomic E-state index is 2.75. The monoisotopic (exact) mass is 1000 g/mol. The fraction of sp³-hybridized carbons (Fsp3) is 0.432. The molecule has 0 bridgehead atoms. The molecule has 0 aliphatic heterocycles. The summed E-state index contributed by atoms with van der Waals surface area (Å²) in [6.45, 7) is 48.3. The Kier molecular flexibility index (Phi) is 9.83. The topological polar surface area (TPSA) is 8.82 Å². The summed E-state index contributed by atoms with van der Waals surface area (Å²) in [4.78, 5) is 0. The van der Waals surface area contributed by atoms with E-state index < -0.39 is 0 Å². The molecule has 0 fully saturated rings. The van der Waals surface area contributed by atoms with Crippen LogP contribution in [0.4, 0.5) is 0 Å². The highest BCUT2D eigenvalue weighted by molar-refractivity contribution is 6.45. The van der Waals surface area contributed by atoms with Gasteiger partial charge in [0, 0.05) is 43.1 Å². The van der Waals surface area contributed by atoms with Crippen LogP contribution in [0.25, 0.3) is 98.4 Å². The van der Waals surface area contributed by atoms with Crippen molar-refractivity contribution in [3.63, 3.8) is 0 Å². The van der Waals surface area contributed by atoms with Crippen LogP contribution in [0.2, 0.25) is 0 Å². The first-order chi connectivity index (χ1) is 35.2. The molecule has 390 valence electrons. The number of hydrogen-bond donors (Lipinski definition) is 0. The molecule has 0 saturated heterocycles. The predicted octanol–water partition coefficient (Wildman–Crippen LogP) is 21.2. The molecule has 4 aromatic heterocycles. The van der Waals surface area contributed by atoms with Crippen LogP contribution in [0.15, 0.2) is 97.1 Å². The molecular formula is C74H84N2. The normalized spacial score (nSPS) is 17.9. The molecule has 0 atom stereocenters. The van der Waals surface area contributed by atoms with Crippen LogP contribution in [-0.2, 0) is 43.3 Å². The SMILES string of the molecule is CC(C)(C)c1cc(-c2ccc3c4c5c6cc7c(cc6n6c8cc(-c9cc(C(C)(C)C)cc(C(C)(C)C)c9)ccc8c(c8c9cc%10c(cc9n(c3c2)c48)C(C)(C)CCC%10(C)C)c56)C(C)(C)CCC7(C)C)cc(C(C)(C)C)c1. The number of rotatable bonds is 2. The van der Waals surface area contributed by atoms with E-state index in [-0.39, 0.29) is 43.3 Å². The third-order valence-corrected chi connectivity index (χ3v) is 19.9. The minimum Gasteiger partial charge on any atom is -0.308 e. The molecule has 0 amide bonds. The summed E-state index contributed by atoms with van der Waals surface area (Å²) in [6.07, 6.45) is 4.72. The van der Waals surface area contributed by atoms with Crippen molar-refractivity contribution in [2.75, 3.05) is 0 Å². The third-order valence-electron chi connectivity index (χ3n) is 19.9. The number of hydrogen-bond acceptors (Lipinski definition) is 0. The lowest BCUT2D eigenvalue weighted by atomic mass is 9.63. The highest BCUT2D eigenvalue weighted by Gasteiger charge is 2.41. The van der Waals surface area contributed by atoms with Crippen LogP contribution in [-0.4, -0.2) is 8.80 Å². The fourth-order valence-corrected chi connectivity index (χ4v) is 14.5. The average Bonchev–Trinajstić information content (AvgIpc) is 4.20. The summed E-state index contributed by atoms with van der Waals surface area (Å²) >= 11 is 0. The van der Waals surface area contributed by atoms with Gasteiger partial charge in [-0.3, -0.25) is 0 Å². The number of fused-ring (bicyclic) bond motifs is 16. The second kappa shape index (κ2) is 15.0. The van der Waals surface area contributed by atoms with Crippen LogP contribution in [0, 0.1) is 0 Å². The van der Waals surface area contributed by atoms with Gasteiger partial charge in [0.1, 0.15) is 0 Å². The van der Waals surface area contributed by atoms with Crippen molar-refractivity contribution >= 4 is 76.2 Å². The lowest BCUT2D eigenvalue weighted by Crippen LogP contribution is -2.33. The van der Waals surface area contributed by atoms with Crippen molar-refractivity contribution in [3.8, 4) is 22.3 Å². The lowest BCUT2D eigenvalue weighted by molar-refractivity contribution is 0.332. The van der Waals surface area contributed by atoms with Crippen molar-refractivity contribution in [2.24, 2.45) is 0 Å². The highest BCUT2D eigenvalue weighted by Crippen LogP contribution is 2.57. The minimum absolute atomic E-state index is 0.0152. The highest BCUT2D eigenvalue weighted by atomic mass is 14.9. The van der Waals surface area contributed by atoms with Gasteiger partial charge < -0.3 is 8.80 Å². The van der Waals surface area contributed by atoms with Gasteiger partial charge in [0.25, 0.3) is 0 Å². The van der Waals surface area contributed by atoms with Crippen molar-refractivity contribution in [1.29, 1.82) is 0 Å². The van der Waals surface area contributed by atoms with Crippen LogP contribution < -0.4 is 0 Å². The van der Waals surface area contributed by atoms with E-state index >= 15 is 0 Å². The Morgan fingerprint density at radius 1 is 0.289 bits per heavy atom. The van der Waals surface area contributed by atoms with Gasteiger partial charge in [-0.15, -0.1) is 0 Å². The van der Waals surface area contributed by atoms with E-state index in [1.54, 1.807) is 0 Å². The molecule has 0 spiro atoms. The molecule has 76 heavy (non-hydrogen) atoms. The molecule has 2 nitrogen and oxygen atoms in total. The van der Waals surface area contributed by atoms with Gasteiger partial charge in [-0.2, -0.15) is 0 Å². The Labute approximate surface area is 453 Å². The minimum atomic E-state index is 0.0152. The van der Waals surface area contributed by atoms with Crippen LogP contribution in [0.5, 0.6) is 0 Å². The van der Waals surface area contributed by atoms with Crippen molar-refractivity contribution in [1.82, 2.24) is 8.80 Å². The van der Waals surface area contributed by atoms with E-state index in [2.05, 4.69) is 244 Å². The summed E-state index contributed by atoms with van der Waals surface area (Å²) in [7, 11) is 0. The van der Waals surface area contributed by atoms with Gasteiger partial charge in [0.2, 0.25) is 0 Å². The Hall–Kier alpha value is -5.86. The summed E-state index contributed by atoms with van der Waals surface area (Å²) in [5.74, 6) is 0. The van der Waals surface area contributed by atoms with Gasteiger partial charge >= 0.3 is 0 Å². The van der Waals surface area contributed by atoms with Gasteiger partial charge in [-0.05, 0) is 172 Å². The first-order valence-electron chi connectivity index (χ1n) is 29.0. The smallest absolute Gasteiger partial charge is 0.0634 e. The molecular weight excluding hydrogens is 917 g/mol. The van der Waals surface area contributed by atoms with E-state index in [9.17, 15) is 0 Å². The third kappa shape index (κ3) is 6.96. The zero-order valence-electron chi connectivity index (χ0n) is 50.0. The number of nitrogens with zero attached hydrogens (tertiary/aromatic N) is 2. The molecule has 7 aromatic carbocycles. The molecule has 13 rings (SSSR count). The maximum absolute atomic E-state index is 2.75. The molecule has 0 N–H and O–H groups in total. The fourth-order valence-electron chi connectivity index (χ4n) is 14.5. The van der Waals surface area contributed by atoms with E-state index in [1.807, 2.05) is 0 Å². The summed E-state index contributed by atoms with van der Waals surface area (Å²) < 4.78 is 5.50. The zero-order chi connectivity index (χ0) is 54.3. The Morgan fingerprint density at radius 3 is 0.842 bits per heavy atom. The van der Waals surface area contributed by atoms with E-state index in [0.29, 0.717) is 0 Å². The van der Waals surface area contributed by atoms with Gasteiger partial charge in [0.05, 0.1) is 33.1 Å². The van der Waals surface area contributed by atoms with Crippen molar-refractivity contribution in [3.05, 3.63) is 142 Å². The molecule has 11 aromatic rings. The molecule has 4 heterocycles. The average molecular weight is 1000 g/mol. The number of benzene rings is 7. The first kappa shape index (κ1) is 49.7. The zero-order valence-corrected chi connectivity index (χ0v) is 50.0. The summed E-state index contributed by atoms with van der Waals surface area (Å²) in [5.41, 5.74) is 25.1. The second-order valence-electron chi connectivity index (χ2n) is 31.3. The lowest BCUT2D eigenvalue weighted by Gasteiger charge is -2.42. The predicted molar refractivity (Wildman–Crippen MR) is 332 cm³/mol. The first-order valence-corrected chi connectivity index (χ1v) is 29.0. The molecule has 0 unspecified atom stereocenters. The Morgan fingerprint density at radius 2 is 0.553 bits per heavy atom. The molecule has 2 aliphatic carbocycles. The van der Waals surface area contributed by atoms with E-state index in [1.165, 1.54) is 169 Å². The van der Waals surface area contributed by atoms with Crippen LogP contribution in [0.3, 0.4) is 0 Å². The Balaban J connectivity index is 1.25. The molecule has 0 radical (unpaired) electrons. The molecule has 0 saturated carbocycles. The largest absolute Gasteiger partial charge is 0.308 e. The molecule has 2 aliphatic rings. The standard InChI is InChI=1S/C74H84N2/c1-67(2,3)45-29-43(30-46(35-45)68(4,5)6)41-21-23-49-57(33-41)75-59-39-55-53(71(13,14)25-27-73(55,17)18)37-51(59)64-62-50-24-22-42(44-31-47(69(7,8)9)36-48(32-44)70(10,11)12)34-58(50)76-60-40-56-54(72(15,16)26-28-74(56,19)20)38-52(60)63(66(62)76)61(49)65(64)75/h21-24,29-40H,25-28H2,1-20H3. The molecule has 2 heteroatoms. The van der Waals surface area contributed by atoms with Crippen molar-refractivity contribution < 1.29 is 0 Å². The summed E-state index contributed by atoms with van der Waals surface area (Å²) in [5, 5.41) is 11.1.